The Morgan fingerprint density at radius 1 is 1.07 bits per heavy atom. The zero-order valence-corrected chi connectivity index (χ0v) is 17.8. The molecule has 6 nitrogen and oxygen atoms in total. The Morgan fingerprint density at radius 2 is 1.90 bits per heavy atom. The molecule has 0 amide bonds. The van der Waals surface area contributed by atoms with Gasteiger partial charge in [-0.1, -0.05) is 6.07 Å². The highest BCUT2D eigenvalue weighted by Crippen LogP contribution is 2.43. The molecular weight excluding hydrogens is 376 g/mol. The van der Waals surface area contributed by atoms with E-state index >= 15 is 0 Å². The maximum atomic E-state index is 10.5. The fourth-order valence-electron chi connectivity index (χ4n) is 4.96. The lowest BCUT2D eigenvalue weighted by Gasteiger charge is -2.40. The molecule has 2 aromatic rings. The topological polar surface area (TPSA) is 70.5 Å². The normalized spacial score (nSPS) is 23.4. The summed E-state index contributed by atoms with van der Waals surface area (Å²) in [6.45, 7) is 6.05. The van der Waals surface area contributed by atoms with Crippen molar-refractivity contribution in [2.75, 3.05) is 31.6 Å². The Balaban J connectivity index is 1.26. The number of aromatic hydroxyl groups is 1. The van der Waals surface area contributed by atoms with Crippen molar-refractivity contribution in [2.24, 2.45) is 0 Å². The number of hydrogen-bond donors (Lipinski definition) is 2. The van der Waals surface area contributed by atoms with Crippen LogP contribution >= 0.6 is 0 Å². The first-order valence-corrected chi connectivity index (χ1v) is 11.4. The van der Waals surface area contributed by atoms with Crippen molar-refractivity contribution in [1.29, 1.82) is 0 Å². The monoisotopic (exact) mass is 408 g/mol. The molecule has 6 heteroatoms. The third-order valence-electron chi connectivity index (χ3n) is 6.82. The van der Waals surface area contributed by atoms with E-state index in [9.17, 15) is 5.11 Å². The molecule has 1 saturated carbocycles. The van der Waals surface area contributed by atoms with E-state index in [2.05, 4.69) is 32.5 Å². The number of ether oxygens (including phenoxy) is 1. The number of phenolic OH excluding ortho intramolecular Hbond substituents is 1. The maximum Gasteiger partial charge on any atom is 0.149 e. The first-order valence-electron chi connectivity index (χ1n) is 11.4. The van der Waals surface area contributed by atoms with E-state index in [1.807, 2.05) is 19.1 Å². The predicted octanol–water partition coefficient (Wildman–Crippen LogP) is 4.09. The van der Waals surface area contributed by atoms with E-state index in [0.717, 1.165) is 61.7 Å². The van der Waals surface area contributed by atoms with E-state index < -0.39 is 0 Å². The zero-order chi connectivity index (χ0) is 20.5. The average molecular weight is 409 g/mol. The van der Waals surface area contributed by atoms with Gasteiger partial charge in [0.05, 0.1) is 5.69 Å². The van der Waals surface area contributed by atoms with Crippen molar-refractivity contribution < 1.29 is 9.84 Å². The average Bonchev–Trinajstić information content (AvgIpc) is 3.61. The lowest BCUT2D eigenvalue weighted by atomic mass is 9.99. The van der Waals surface area contributed by atoms with Crippen LogP contribution in [0.2, 0.25) is 0 Å². The summed E-state index contributed by atoms with van der Waals surface area (Å²) in [5, 5.41) is 23.1. The van der Waals surface area contributed by atoms with Gasteiger partial charge in [-0.2, -0.15) is 0 Å². The number of phenols is 1. The van der Waals surface area contributed by atoms with Gasteiger partial charge in [-0.25, -0.2) is 0 Å². The number of aromatic nitrogens is 2. The molecule has 30 heavy (non-hydrogen) atoms. The van der Waals surface area contributed by atoms with Crippen molar-refractivity contribution in [3.63, 3.8) is 0 Å². The number of likely N-dealkylation sites (tertiary alicyclic amines) is 1. The fraction of sp³-hybridized carbons (Fsp3) is 0.583. The smallest absolute Gasteiger partial charge is 0.149 e. The standard InChI is InChI=1S/C24H32N4O2/c1-16-13-23(25-19-3-2-10-28(15-19)20-8-11-30-12-9-20)26-27-24(16)21-7-6-18(14-22(21)29)17-4-5-17/h6-7,13-14,17,19-20,29H,2-5,8-12,15H2,1H3,(H,25,26). The maximum absolute atomic E-state index is 10.5. The molecule has 1 aromatic carbocycles. The summed E-state index contributed by atoms with van der Waals surface area (Å²) in [4.78, 5) is 2.62. The summed E-state index contributed by atoms with van der Waals surface area (Å²) in [5.74, 6) is 1.75. The van der Waals surface area contributed by atoms with Crippen molar-refractivity contribution in [3.05, 3.63) is 35.4 Å². The quantitative estimate of drug-likeness (QED) is 0.777. The third-order valence-corrected chi connectivity index (χ3v) is 6.82. The molecule has 2 aliphatic heterocycles. The summed E-state index contributed by atoms with van der Waals surface area (Å²) >= 11 is 0. The van der Waals surface area contributed by atoms with Crippen molar-refractivity contribution in [2.45, 2.75) is 63.5 Å². The minimum Gasteiger partial charge on any atom is -0.507 e. The molecule has 3 aliphatic rings. The molecule has 2 saturated heterocycles. The molecular formula is C24H32N4O2. The van der Waals surface area contributed by atoms with Gasteiger partial charge in [-0.05, 0) is 87.2 Å². The van der Waals surface area contributed by atoms with Crippen molar-refractivity contribution in [1.82, 2.24) is 15.1 Å². The number of anilines is 1. The highest BCUT2D eigenvalue weighted by Gasteiger charge is 2.28. The van der Waals surface area contributed by atoms with Crippen LogP contribution in [0.1, 0.15) is 55.6 Å². The first kappa shape index (κ1) is 19.8. The van der Waals surface area contributed by atoms with Gasteiger partial charge in [0.25, 0.3) is 0 Å². The number of nitrogens with one attached hydrogen (secondary N) is 1. The van der Waals surface area contributed by atoms with Crippen LogP contribution < -0.4 is 5.32 Å². The van der Waals surface area contributed by atoms with Gasteiger partial charge in [-0.3, -0.25) is 4.90 Å². The Bertz CT molecular complexity index is 893. The molecule has 1 aliphatic carbocycles. The van der Waals surface area contributed by atoms with Crippen LogP contribution in [0.4, 0.5) is 5.82 Å². The second kappa shape index (κ2) is 8.52. The first-order chi connectivity index (χ1) is 14.7. The number of aryl methyl sites for hydroxylation is 1. The molecule has 5 rings (SSSR count). The SMILES string of the molecule is Cc1cc(NC2CCCN(C3CCOCC3)C2)nnc1-c1ccc(C2CC2)cc1O. The van der Waals surface area contributed by atoms with E-state index in [4.69, 9.17) is 4.74 Å². The second-order valence-corrected chi connectivity index (χ2v) is 9.13. The Kier molecular flexibility index (Phi) is 5.61. The second-order valence-electron chi connectivity index (χ2n) is 9.13. The van der Waals surface area contributed by atoms with Crippen molar-refractivity contribution in [3.8, 4) is 17.0 Å². The third kappa shape index (κ3) is 4.30. The molecule has 1 unspecified atom stereocenters. The van der Waals surface area contributed by atoms with E-state index in [1.54, 1.807) is 0 Å². The van der Waals surface area contributed by atoms with Crippen LogP contribution in [-0.2, 0) is 4.74 Å². The molecule has 1 atom stereocenters. The van der Waals surface area contributed by atoms with Gasteiger partial charge in [0, 0.05) is 37.4 Å². The number of hydrogen-bond acceptors (Lipinski definition) is 6. The predicted molar refractivity (Wildman–Crippen MR) is 118 cm³/mol. The number of rotatable bonds is 5. The van der Waals surface area contributed by atoms with Crippen molar-refractivity contribution >= 4 is 5.82 Å². The van der Waals surface area contributed by atoms with Crippen LogP contribution in [0.5, 0.6) is 5.75 Å². The van der Waals surface area contributed by atoms with Gasteiger partial charge in [0.2, 0.25) is 0 Å². The molecule has 0 bridgehead atoms. The summed E-state index contributed by atoms with van der Waals surface area (Å²) in [5.41, 5.74) is 3.78. The summed E-state index contributed by atoms with van der Waals surface area (Å²) in [6, 6.07) is 9.11. The highest BCUT2D eigenvalue weighted by atomic mass is 16.5. The molecule has 2 N–H and O–H groups in total. The van der Waals surface area contributed by atoms with Crippen LogP contribution in [0.15, 0.2) is 24.3 Å². The largest absolute Gasteiger partial charge is 0.507 e. The van der Waals surface area contributed by atoms with E-state index in [-0.39, 0.29) is 0 Å². The van der Waals surface area contributed by atoms with Gasteiger partial charge < -0.3 is 15.2 Å². The lowest BCUT2D eigenvalue weighted by Crippen LogP contribution is -2.48. The van der Waals surface area contributed by atoms with E-state index in [0.29, 0.717) is 23.8 Å². The highest BCUT2D eigenvalue weighted by molar-refractivity contribution is 5.70. The summed E-state index contributed by atoms with van der Waals surface area (Å²) in [6.07, 6.45) is 7.11. The number of nitrogens with zero attached hydrogens (tertiary/aromatic N) is 3. The lowest BCUT2D eigenvalue weighted by molar-refractivity contribution is 0.0255. The minimum absolute atomic E-state index is 0.303. The van der Waals surface area contributed by atoms with Crippen LogP contribution in [0.3, 0.4) is 0 Å². The Morgan fingerprint density at radius 3 is 2.63 bits per heavy atom. The van der Waals surface area contributed by atoms with Crippen LogP contribution in [0, 0.1) is 6.92 Å². The molecule has 0 spiro atoms. The molecule has 1 aromatic heterocycles. The summed E-state index contributed by atoms with van der Waals surface area (Å²) < 4.78 is 5.53. The number of piperidine rings is 1. The number of benzene rings is 1. The molecule has 0 radical (unpaired) electrons. The van der Waals surface area contributed by atoms with E-state index in [1.165, 1.54) is 31.4 Å². The van der Waals surface area contributed by atoms with Gasteiger partial charge in [0.15, 0.2) is 0 Å². The fourth-order valence-corrected chi connectivity index (χ4v) is 4.96. The van der Waals surface area contributed by atoms with Gasteiger partial charge in [-0.15, -0.1) is 10.2 Å². The Labute approximate surface area is 178 Å². The molecule has 3 heterocycles. The zero-order valence-electron chi connectivity index (χ0n) is 17.8. The summed E-state index contributed by atoms with van der Waals surface area (Å²) in [7, 11) is 0. The molecule has 160 valence electrons. The van der Waals surface area contributed by atoms with Gasteiger partial charge in [0.1, 0.15) is 11.6 Å². The minimum atomic E-state index is 0.303. The van der Waals surface area contributed by atoms with Crippen LogP contribution in [-0.4, -0.2) is 58.6 Å². The molecule has 3 fully saturated rings. The van der Waals surface area contributed by atoms with Gasteiger partial charge >= 0.3 is 0 Å². The Hall–Kier alpha value is -2.18. The van der Waals surface area contributed by atoms with Crippen LogP contribution in [0.25, 0.3) is 11.3 Å².